The van der Waals surface area contributed by atoms with Crippen LogP contribution in [0, 0.1) is 0 Å². The van der Waals surface area contributed by atoms with Gasteiger partial charge in [0.2, 0.25) is 0 Å². The standard InChI is InChI=1S/C9H13N2O2P/c1-13-14(12)10-7-8-11(14)9-5-3-2-4-6-9/h2-6H,7-8H2,1H3,(H,10,12). The highest BCUT2D eigenvalue weighted by atomic mass is 31.2. The van der Waals surface area contributed by atoms with Gasteiger partial charge in [-0.1, -0.05) is 18.2 Å². The lowest BCUT2D eigenvalue weighted by molar-refractivity contribution is 0.388. The Balaban J connectivity index is 2.31. The maximum Gasteiger partial charge on any atom is 0.368 e. The van der Waals surface area contributed by atoms with E-state index < -0.39 is 7.67 Å². The average Bonchev–Trinajstić information content (AvgIpc) is 2.63. The molecule has 0 radical (unpaired) electrons. The van der Waals surface area contributed by atoms with Gasteiger partial charge in [0.15, 0.2) is 0 Å². The van der Waals surface area contributed by atoms with Crippen LogP contribution in [0.2, 0.25) is 0 Å². The topological polar surface area (TPSA) is 41.6 Å². The third-order valence-corrected chi connectivity index (χ3v) is 4.44. The molecule has 1 unspecified atom stereocenters. The number of nitrogens with zero attached hydrogens (tertiary/aromatic N) is 1. The Morgan fingerprint density at radius 1 is 1.43 bits per heavy atom. The van der Waals surface area contributed by atoms with Crippen LogP contribution in [0.1, 0.15) is 0 Å². The second-order valence-electron chi connectivity index (χ2n) is 3.07. The number of anilines is 1. The lowest BCUT2D eigenvalue weighted by atomic mass is 10.3. The van der Waals surface area contributed by atoms with Gasteiger partial charge in [-0.05, 0) is 12.1 Å². The molecule has 2 rings (SSSR count). The van der Waals surface area contributed by atoms with E-state index in [1.54, 1.807) is 4.67 Å². The third-order valence-electron chi connectivity index (χ3n) is 2.25. The van der Waals surface area contributed by atoms with Crippen molar-refractivity contribution >= 4 is 13.4 Å². The number of hydrogen-bond acceptors (Lipinski definition) is 2. The molecule has 1 heterocycles. The van der Waals surface area contributed by atoms with Gasteiger partial charge in [-0.2, -0.15) is 0 Å². The minimum absolute atomic E-state index is 0.694. The number of nitrogens with one attached hydrogen (secondary N) is 1. The SMILES string of the molecule is COP1(=O)NCCN1c1ccccc1. The Morgan fingerprint density at radius 2 is 2.14 bits per heavy atom. The van der Waals surface area contributed by atoms with Gasteiger partial charge in [-0.25, -0.2) is 9.65 Å². The van der Waals surface area contributed by atoms with Crippen LogP contribution in [0.5, 0.6) is 0 Å². The zero-order valence-corrected chi connectivity index (χ0v) is 8.91. The number of hydrogen-bond donors (Lipinski definition) is 1. The van der Waals surface area contributed by atoms with Gasteiger partial charge in [0.25, 0.3) is 0 Å². The summed E-state index contributed by atoms with van der Waals surface area (Å²) in [5.41, 5.74) is 0.933. The second kappa shape index (κ2) is 3.73. The molecular formula is C9H13N2O2P. The molecule has 14 heavy (non-hydrogen) atoms. The number of rotatable bonds is 2. The molecule has 76 valence electrons. The van der Waals surface area contributed by atoms with E-state index in [0.717, 1.165) is 12.2 Å². The summed E-state index contributed by atoms with van der Waals surface area (Å²) in [6.07, 6.45) is 0. The summed E-state index contributed by atoms with van der Waals surface area (Å²) in [6, 6.07) is 9.64. The van der Waals surface area contributed by atoms with Gasteiger partial charge >= 0.3 is 7.67 Å². The van der Waals surface area contributed by atoms with E-state index in [4.69, 9.17) is 4.52 Å². The molecule has 0 spiro atoms. The van der Waals surface area contributed by atoms with Crippen molar-refractivity contribution in [3.8, 4) is 0 Å². The first-order valence-electron chi connectivity index (χ1n) is 4.50. The zero-order valence-electron chi connectivity index (χ0n) is 8.01. The molecule has 0 saturated carbocycles. The first-order valence-corrected chi connectivity index (χ1v) is 6.08. The van der Waals surface area contributed by atoms with Crippen molar-refractivity contribution in [3.05, 3.63) is 30.3 Å². The van der Waals surface area contributed by atoms with E-state index in [9.17, 15) is 4.57 Å². The average molecular weight is 212 g/mol. The van der Waals surface area contributed by atoms with Crippen molar-refractivity contribution in [2.45, 2.75) is 0 Å². The molecule has 0 amide bonds. The molecule has 1 saturated heterocycles. The minimum Gasteiger partial charge on any atom is -0.305 e. The lowest BCUT2D eigenvalue weighted by Crippen LogP contribution is -2.16. The smallest absolute Gasteiger partial charge is 0.305 e. The minimum atomic E-state index is -2.80. The summed E-state index contributed by atoms with van der Waals surface area (Å²) >= 11 is 0. The molecule has 1 N–H and O–H groups in total. The van der Waals surface area contributed by atoms with E-state index in [-0.39, 0.29) is 0 Å². The maximum atomic E-state index is 12.1. The molecule has 1 aliphatic rings. The van der Waals surface area contributed by atoms with Crippen LogP contribution in [-0.4, -0.2) is 20.2 Å². The predicted octanol–water partition coefficient (Wildman–Crippen LogP) is 1.85. The Labute approximate surface area is 83.4 Å². The van der Waals surface area contributed by atoms with Gasteiger partial charge in [0.05, 0.1) is 0 Å². The molecule has 1 aromatic rings. The van der Waals surface area contributed by atoms with Gasteiger partial charge in [0, 0.05) is 25.9 Å². The van der Waals surface area contributed by atoms with Crippen LogP contribution in [0.15, 0.2) is 30.3 Å². The van der Waals surface area contributed by atoms with Crippen LogP contribution in [0.4, 0.5) is 5.69 Å². The molecule has 4 nitrogen and oxygen atoms in total. The van der Waals surface area contributed by atoms with Crippen LogP contribution < -0.4 is 9.76 Å². The van der Waals surface area contributed by atoms with E-state index in [1.165, 1.54) is 7.11 Å². The summed E-state index contributed by atoms with van der Waals surface area (Å²) in [6.45, 7) is 1.41. The van der Waals surface area contributed by atoms with Crippen LogP contribution >= 0.6 is 7.67 Å². The molecule has 1 aliphatic heterocycles. The summed E-state index contributed by atoms with van der Waals surface area (Å²) < 4.78 is 18.9. The highest BCUT2D eigenvalue weighted by Crippen LogP contribution is 2.50. The van der Waals surface area contributed by atoms with Gasteiger partial charge in [-0.15, -0.1) is 0 Å². The largest absolute Gasteiger partial charge is 0.368 e. The van der Waals surface area contributed by atoms with Crippen molar-refractivity contribution in [2.75, 3.05) is 24.9 Å². The third kappa shape index (κ3) is 1.57. The summed E-state index contributed by atoms with van der Waals surface area (Å²) in [4.78, 5) is 0. The van der Waals surface area contributed by atoms with Gasteiger partial charge < -0.3 is 4.52 Å². The van der Waals surface area contributed by atoms with Crippen molar-refractivity contribution in [1.82, 2.24) is 5.09 Å². The first-order chi connectivity index (χ1) is 6.76. The normalized spacial score (nSPS) is 26.8. The number of benzene rings is 1. The van der Waals surface area contributed by atoms with E-state index in [1.807, 2.05) is 30.3 Å². The predicted molar refractivity (Wildman–Crippen MR) is 56.4 cm³/mol. The molecule has 0 bridgehead atoms. The fourth-order valence-corrected chi connectivity index (χ4v) is 3.24. The Hall–Kier alpha value is -0.830. The van der Waals surface area contributed by atoms with E-state index in [2.05, 4.69) is 5.09 Å². The van der Waals surface area contributed by atoms with Crippen molar-refractivity contribution in [2.24, 2.45) is 0 Å². The second-order valence-corrected chi connectivity index (χ2v) is 5.27. The van der Waals surface area contributed by atoms with Crippen LogP contribution in [0.25, 0.3) is 0 Å². The fraction of sp³-hybridized carbons (Fsp3) is 0.333. The monoisotopic (exact) mass is 212 g/mol. The van der Waals surface area contributed by atoms with Gasteiger partial charge in [-0.3, -0.25) is 4.67 Å². The Kier molecular flexibility index (Phi) is 2.59. The molecular weight excluding hydrogens is 199 g/mol. The maximum absolute atomic E-state index is 12.1. The zero-order chi connectivity index (χ0) is 10.0. The fourth-order valence-electron chi connectivity index (χ4n) is 1.56. The molecule has 0 aliphatic carbocycles. The van der Waals surface area contributed by atoms with E-state index >= 15 is 0 Å². The van der Waals surface area contributed by atoms with Crippen molar-refractivity contribution < 1.29 is 9.09 Å². The van der Waals surface area contributed by atoms with Crippen LogP contribution in [0.3, 0.4) is 0 Å². The molecule has 1 fully saturated rings. The van der Waals surface area contributed by atoms with E-state index in [0.29, 0.717) is 6.54 Å². The summed E-state index contributed by atoms with van der Waals surface area (Å²) in [7, 11) is -1.33. The molecule has 1 atom stereocenters. The Bertz CT molecular complexity index is 355. The summed E-state index contributed by atoms with van der Waals surface area (Å²) in [5, 5.41) is 2.89. The molecule has 1 aromatic carbocycles. The number of para-hydroxylation sites is 1. The van der Waals surface area contributed by atoms with Crippen LogP contribution in [-0.2, 0) is 9.09 Å². The highest BCUT2D eigenvalue weighted by Gasteiger charge is 2.35. The van der Waals surface area contributed by atoms with Crippen molar-refractivity contribution in [1.29, 1.82) is 0 Å². The lowest BCUT2D eigenvalue weighted by Gasteiger charge is -2.23. The molecule has 0 aromatic heterocycles. The summed E-state index contributed by atoms with van der Waals surface area (Å²) in [5.74, 6) is 0. The quantitative estimate of drug-likeness (QED) is 0.759. The van der Waals surface area contributed by atoms with Gasteiger partial charge in [0.1, 0.15) is 0 Å². The first kappa shape index (κ1) is 9.71. The Morgan fingerprint density at radius 3 is 2.79 bits per heavy atom. The molecule has 5 heteroatoms. The van der Waals surface area contributed by atoms with Crippen molar-refractivity contribution in [3.63, 3.8) is 0 Å². The highest BCUT2D eigenvalue weighted by molar-refractivity contribution is 7.59.